The van der Waals surface area contributed by atoms with Gasteiger partial charge in [0.15, 0.2) is 0 Å². The van der Waals surface area contributed by atoms with E-state index in [0.29, 0.717) is 0 Å². The normalized spacial score (nSPS) is 15.1. The monoisotopic (exact) mass is 213 g/mol. The van der Waals surface area contributed by atoms with Crippen LogP contribution in [-0.2, 0) is 4.79 Å². The third-order valence-corrected chi connectivity index (χ3v) is 1.87. The van der Waals surface area contributed by atoms with E-state index in [-0.39, 0.29) is 0 Å². The minimum absolute atomic E-state index is 0.917. The number of halogens is 3. The average Bonchev–Trinajstić information content (AvgIpc) is 1.79. The molecule has 6 heteroatoms. The smallest absolute Gasteiger partial charge is 0.391 e. The average molecular weight is 213 g/mol. The number of nitrogens with one attached hydrogen (secondary N) is 1. The second kappa shape index (κ2) is 4.16. The molecule has 2 N–H and O–H groups in total. The van der Waals surface area contributed by atoms with Crippen LogP contribution in [0.3, 0.4) is 0 Å². The predicted octanol–water partition coefficient (Wildman–Crippen LogP) is 1.21. The molecular formula is C8H14F3NO2. The molecule has 1 unspecified atom stereocenters. The molecule has 0 saturated heterocycles. The lowest BCUT2D eigenvalue weighted by Gasteiger charge is -2.29. The van der Waals surface area contributed by atoms with Gasteiger partial charge in [0.25, 0.3) is 0 Å². The van der Waals surface area contributed by atoms with Gasteiger partial charge in [-0.2, -0.15) is 13.2 Å². The fourth-order valence-corrected chi connectivity index (χ4v) is 0.690. The number of hydrogen-bond acceptors (Lipinski definition) is 2. The van der Waals surface area contributed by atoms with Gasteiger partial charge in [-0.05, 0) is 20.8 Å². The first-order valence-corrected chi connectivity index (χ1v) is 4.10. The van der Waals surface area contributed by atoms with Crippen LogP contribution in [-0.4, -0.2) is 28.8 Å². The molecule has 0 aliphatic heterocycles. The Hall–Kier alpha value is -0.780. The second-order valence-corrected chi connectivity index (χ2v) is 3.74. The molecule has 0 rings (SSSR count). The summed E-state index contributed by atoms with van der Waals surface area (Å²) >= 11 is 0. The van der Waals surface area contributed by atoms with Crippen molar-refractivity contribution in [1.29, 1.82) is 0 Å². The molecule has 0 radical (unpaired) electrons. The number of carbonyl (C=O) groups is 1. The molecule has 0 aromatic heterocycles. The number of aliphatic hydroxyl groups is 1. The molecule has 0 aliphatic rings. The van der Waals surface area contributed by atoms with Gasteiger partial charge in [0, 0.05) is 0 Å². The van der Waals surface area contributed by atoms with E-state index in [1.807, 2.05) is 0 Å². The fourth-order valence-electron chi connectivity index (χ4n) is 0.690. The summed E-state index contributed by atoms with van der Waals surface area (Å²) in [5.41, 5.74) is -1.05. The van der Waals surface area contributed by atoms with Crippen molar-refractivity contribution >= 4 is 5.91 Å². The minimum atomic E-state index is -4.52. The lowest BCUT2D eigenvalue weighted by molar-refractivity contribution is -0.155. The van der Waals surface area contributed by atoms with Crippen LogP contribution in [0.25, 0.3) is 0 Å². The largest absolute Gasteiger partial charge is 0.397 e. The van der Waals surface area contributed by atoms with Gasteiger partial charge in [-0.15, -0.1) is 0 Å². The van der Waals surface area contributed by atoms with E-state index in [1.54, 1.807) is 0 Å². The Morgan fingerprint density at radius 1 is 1.43 bits per heavy atom. The van der Waals surface area contributed by atoms with Crippen LogP contribution >= 0.6 is 0 Å². The van der Waals surface area contributed by atoms with E-state index in [0.717, 1.165) is 0 Å². The zero-order valence-corrected chi connectivity index (χ0v) is 8.27. The fraction of sp³-hybridized carbons (Fsp3) is 0.875. The van der Waals surface area contributed by atoms with Crippen molar-refractivity contribution in [3.05, 3.63) is 0 Å². The van der Waals surface area contributed by atoms with Gasteiger partial charge < -0.3 is 10.4 Å². The van der Waals surface area contributed by atoms with Crippen molar-refractivity contribution in [3.8, 4) is 0 Å². The molecule has 1 atom stereocenters. The van der Waals surface area contributed by atoms with Crippen molar-refractivity contribution in [3.63, 3.8) is 0 Å². The number of hydrogen-bond donors (Lipinski definition) is 2. The Bertz CT molecular complexity index is 211. The summed E-state index contributed by atoms with van der Waals surface area (Å²) in [6.07, 6.45) is -6.96. The molecule has 0 heterocycles. The maximum atomic E-state index is 11.8. The molecule has 14 heavy (non-hydrogen) atoms. The molecule has 0 spiro atoms. The van der Waals surface area contributed by atoms with E-state index < -0.39 is 30.1 Å². The van der Waals surface area contributed by atoms with Crippen LogP contribution in [0.2, 0.25) is 0 Å². The zero-order valence-electron chi connectivity index (χ0n) is 8.27. The number of aliphatic hydroxyl groups excluding tert-OH is 1. The number of carbonyl (C=O) groups excluding carboxylic acids is 1. The van der Waals surface area contributed by atoms with Crippen molar-refractivity contribution < 1.29 is 23.1 Å². The first-order chi connectivity index (χ1) is 6.04. The number of rotatable bonds is 3. The van der Waals surface area contributed by atoms with Gasteiger partial charge in [-0.25, -0.2) is 0 Å². The standard InChI is InChI=1S/C8H14F3NO2/c1-5(13)7(2,3)12-6(14)4-8(9,10)11/h5,13H,4H2,1-3H3,(H,12,14). The lowest BCUT2D eigenvalue weighted by atomic mass is 9.98. The molecule has 0 fully saturated rings. The summed E-state index contributed by atoms with van der Waals surface area (Å²) in [4.78, 5) is 10.8. The Labute approximate surface area is 80.3 Å². The van der Waals surface area contributed by atoms with Gasteiger partial charge >= 0.3 is 6.18 Å². The highest BCUT2D eigenvalue weighted by Crippen LogP contribution is 2.20. The second-order valence-electron chi connectivity index (χ2n) is 3.74. The van der Waals surface area contributed by atoms with Gasteiger partial charge in [0.1, 0.15) is 6.42 Å². The van der Waals surface area contributed by atoms with Gasteiger partial charge in [-0.1, -0.05) is 0 Å². The van der Waals surface area contributed by atoms with E-state index in [4.69, 9.17) is 5.11 Å². The third-order valence-electron chi connectivity index (χ3n) is 1.87. The maximum absolute atomic E-state index is 11.8. The Balaban J connectivity index is 4.20. The summed E-state index contributed by atoms with van der Waals surface area (Å²) in [7, 11) is 0. The van der Waals surface area contributed by atoms with Crippen LogP contribution in [0, 0.1) is 0 Å². The molecule has 1 amide bonds. The van der Waals surface area contributed by atoms with Gasteiger partial charge in [0.05, 0.1) is 11.6 Å². The third kappa shape index (κ3) is 5.06. The van der Waals surface area contributed by atoms with Gasteiger partial charge in [0.2, 0.25) is 5.91 Å². The maximum Gasteiger partial charge on any atom is 0.397 e. The van der Waals surface area contributed by atoms with Crippen molar-refractivity contribution in [1.82, 2.24) is 5.32 Å². The quantitative estimate of drug-likeness (QED) is 0.740. The van der Waals surface area contributed by atoms with E-state index in [1.165, 1.54) is 20.8 Å². The highest BCUT2D eigenvalue weighted by molar-refractivity contribution is 5.77. The first kappa shape index (κ1) is 13.2. The summed E-state index contributed by atoms with van der Waals surface area (Å²) in [5, 5.41) is 11.2. The Morgan fingerprint density at radius 2 is 1.86 bits per heavy atom. The summed E-state index contributed by atoms with van der Waals surface area (Å²) in [6.45, 7) is 4.30. The molecule has 3 nitrogen and oxygen atoms in total. The molecule has 0 saturated carbocycles. The van der Waals surface area contributed by atoms with Crippen molar-refractivity contribution in [2.75, 3.05) is 0 Å². The predicted molar refractivity (Wildman–Crippen MR) is 44.6 cm³/mol. The highest BCUT2D eigenvalue weighted by Gasteiger charge is 2.34. The van der Waals surface area contributed by atoms with Crippen LogP contribution in [0.1, 0.15) is 27.2 Å². The first-order valence-electron chi connectivity index (χ1n) is 4.10. The zero-order chi connectivity index (χ0) is 11.6. The molecule has 0 aromatic rings. The highest BCUT2D eigenvalue weighted by atomic mass is 19.4. The van der Waals surface area contributed by atoms with Crippen molar-refractivity contribution in [2.45, 2.75) is 45.0 Å². The van der Waals surface area contributed by atoms with E-state index >= 15 is 0 Å². The number of alkyl halides is 3. The van der Waals surface area contributed by atoms with E-state index in [9.17, 15) is 18.0 Å². The molecule has 0 aliphatic carbocycles. The SMILES string of the molecule is CC(O)C(C)(C)NC(=O)CC(F)(F)F. The van der Waals surface area contributed by atoms with Crippen LogP contribution in [0.4, 0.5) is 13.2 Å². The summed E-state index contributed by atoms with van der Waals surface area (Å²) < 4.78 is 35.3. The molecule has 0 bridgehead atoms. The van der Waals surface area contributed by atoms with E-state index in [2.05, 4.69) is 5.32 Å². The Morgan fingerprint density at radius 3 is 2.14 bits per heavy atom. The lowest BCUT2D eigenvalue weighted by Crippen LogP contribution is -2.51. The molecule has 84 valence electrons. The Kier molecular flexibility index (Phi) is 3.93. The minimum Gasteiger partial charge on any atom is -0.391 e. The summed E-state index contributed by atoms with van der Waals surface area (Å²) in [5.74, 6) is -1.14. The summed E-state index contributed by atoms with van der Waals surface area (Å²) in [6, 6.07) is 0. The van der Waals surface area contributed by atoms with Gasteiger partial charge in [-0.3, -0.25) is 4.79 Å². The topological polar surface area (TPSA) is 49.3 Å². The van der Waals surface area contributed by atoms with Crippen LogP contribution < -0.4 is 5.32 Å². The number of amides is 1. The van der Waals surface area contributed by atoms with Crippen molar-refractivity contribution in [2.24, 2.45) is 0 Å². The van der Waals surface area contributed by atoms with Crippen LogP contribution in [0.5, 0.6) is 0 Å². The molecule has 0 aromatic carbocycles. The van der Waals surface area contributed by atoms with Crippen LogP contribution in [0.15, 0.2) is 0 Å². The molecular weight excluding hydrogens is 199 g/mol.